The van der Waals surface area contributed by atoms with Crippen LogP contribution in [0, 0.1) is 19.7 Å². The van der Waals surface area contributed by atoms with E-state index in [-0.39, 0.29) is 12.2 Å². The molecule has 0 aliphatic heterocycles. The summed E-state index contributed by atoms with van der Waals surface area (Å²) in [6.07, 6.45) is 0. The van der Waals surface area contributed by atoms with E-state index in [1.165, 1.54) is 12.1 Å². The van der Waals surface area contributed by atoms with Crippen LogP contribution in [-0.4, -0.2) is 20.9 Å². The summed E-state index contributed by atoms with van der Waals surface area (Å²) in [4.78, 5) is 11.1. The molecule has 0 aliphatic rings. The molecule has 0 saturated carbocycles. The molecule has 106 valence electrons. The molecule has 20 heavy (non-hydrogen) atoms. The van der Waals surface area contributed by atoms with E-state index < -0.39 is 11.8 Å². The predicted octanol–water partition coefficient (Wildman–Crippen LogP) is 2.45. The molecule has 0 fully saturated rings. The Bertz CT molecular complexity index is 665. The Kier molecular flexibility index (Phi) is 3.74. The maximum absolute atomic E-state index is 13.1. The lowest BCUT2D eigenvalue weighted by Gasteiger charge is -2.09. The van der Waals surface area contributed by atoms with Crippen LogP contribution >= 0.6 is 0 Å². The molecule has 0 bridgehead atoms. The summed E-state index contributed by atoms with van der Waals surface area (Å²) in [5.41, 5.74) is 1.90. The molecular weight excluding hydrogens is 263 g/mol. The van der Waals surface area contributed by atoms with Gasteiger partial charge in [0.2, 0.25) is 0 Å². The molecule has 0 spiro atoms. The van der Waals surface area contributed by atoms with Crippen molar-refractivity contribution in [3.63, 3.8) is 0 Å². The van der Waals surface area contributed by atoms with Crippen molar-refractivity contribution in [3.05, 3.63) is 46.5 Å². The highest BCUT2D eigenvalue weighted by Crippen LogP contribution is 2.23. The van der Waals surface area contributed by atoms with E-state index >= 15 is 0 Å². The molecule has 0 atom stereocenters. The quantitative estimate of drug-likeness (QED) is 0.933. The van der Waals surface area contributed by atoms with Gasteiger partial charge in [0.15, 0.2) is 5.75 Å². The lowest BCUT2D eigenvalue weighted by molar-refractivity contribution is 0.0693. The van der Waals surface area contributed by atoms with Gasteiger partial charge in [0.25, 0.3) is 0 Å². The average Bonchev–Trinajstić information content (AvgIpc) is 2.62. The Morgan fingerprint density at radius 3 is 2.70 bits per heavy atom. The van der Waals surface area contributed by atoms with Crippen LogP contribution in [0.25, 0.3) is 0 Å². The molecule has 0 radical (unpaired) electrons. The van der Waals surface area contributed by atoms with Crippen LogP contribution in [0.15, 0.2) is 18.2 Å². The Morgan fingerprint density at radius 1 is 1.45 bits per heavy atom. The average molecular weight is 278 g/mol. The first-order valence-corrected chi connectivity index (χ1v) is 6.05. The SMILES string of the molecule is Cc1nn(C)c(C)c1OCc1ccc(F)cc1C(=O)O. The van der Waals surface area contributed by atoms with E-state index in [1.54, 1.807) is 11.7 Å². The van der Waals surface area contributed by atoms with Crippen molar-refractivity contribution in [1.82, 2.24) is 9.78 Å². The Labute approximate surface area is 115 Å². The fourth-order valence-electron chi connectivity index (χ4n) is 1.99. The molecule has 0 amide bonds. The highest BCUT2D eigenvalue weighted by Gasteiger charge is 2.15. The van der Waals surface area contributed by atoms with E-state index in [0.29, 0.717) is 11.3 Å². The number of benzene rings is 1. The second kappa shape index (κ2) is 5.32. The van der Waals surface area contributed by atoms with Gasteiger partial charge >= 0.3 is 5.97 Å². The number of hydrogen-bond acceptors (Lipinski definition) is 3. The molecule has 1 aromatic heterocycles. The van der Waals surface area contributed by atoms with Gasteiger partial charge in [-0.05, 0) is 26.0 Å². The van der Waals surface area contributed by atoms with Gasteiger partial charge in [0, 0.05) is 12.6 Å². The molecule has 2 rings (SSSR count). The van der Waals surface area contributed by atoms with Gasteiger partial charge in [-0.3, -0.25) is 4.68 Å². The lowest BCUT2D eigenvalue weighted by Crippen LogP contribution is -2.07. The van der Waals surface area contributed by atoms with Gasteiger partial charge in [-0.2, -0.15) is 5.10 Å². The number of aromatic carboxylic acids is 1. The number of hydrogen-bond donors (Lipinski definition) is 1. The third-order valence-corrected chi connectivity index (χ3v) is 3.12. The summed E-state index contributed by atoms with van der Waals surface area (Å²) in [6, 6.07) is 3.62. The number of aryl methyl sites for hydroxylation is 2. The minimum Gasteiger partial charge on any atom is -0.485 e. The van der Waals surface area contributed by atoms with Crippen molar-refractivity contribution in [2.24, 2.45) is 7.05 Å². The van der Waals surface area contributed by atoms with Crippen LogP contribution in [0.1, 0.15) is 27.3 Å². The van der Waals surface area contributed by atoms with Gasteiger partial charge in [0.05, 0.1) is 11.3 Å². The normalized spacial score (nSPS) is 10.6. The second-order valence-electron chi connectivity index (χ2n) is 4.52. The summed E-state index contributed by atoms with van der Waals surface area (Å²) in [7, 11) is 1.80. The molecule has 2 aromatic rings. The topological polar surface area (TPSA) is 64.4 Å². The first-order valence-electron chi connectivity index (χ1n) is 6.05. The van der Waals surface area contributed by atoms with Gasteiger partial charge in [-0.1, -0.05) is 6.07 Å². The van der Waals surface area contributed by atoms with Crippen molar-refractivity contribution in [3.8, 4) is 5.75 Å². The molecule has 6 heteroatoms. The fraction of sp³-hybridized carbons (Fsp3) is 0.286. The van der Waals surface area contributed by atoms with E-state index in [1.807, 2.05) is 13.8 Å². The molecule has 0 aliphatic carbocycles. The molecule has 0 saturated heterocycles. The van der Waals surface area contributed by atoms with Crippen LogP contribution in [0.4, 0.5) is 4.39 Å². The summed E-state index contributed by atoms with van der Waals surface area (Å²) in [5.74, 6) is -1.14. The smallest absolute Gasteiger partial charge is 0.336 e. The number of carboxylic acids is 1. The van der Waals surface area contributed by atoms with E-state index in [4.69, 9.17) is 9.84 Å². The number of carboxylic acid groups (broad SMARTS) is 1. The number of carbonyl (C=O) groups is 1. The lowest BCUT2D eigenvalue weighted by atomic mass is 10.1. The maximum Gasteiger partial charge on any atom is 0.336 e. The molecular formula is C14H15FN2O3. The minimum atomic E-state index is -1.18. The molecule has 1 N–H and O–H groups in total. The predicted molar refractivity (Wildman–Crippen MR) is 70.4 cm³/mol. The maximum atomic E-state index is 13.1. The van der Waals surface area contributed by atoms with Crippen molar-refractivity contribution in [2.45, 2.75) is 20.5 Å². The summed E-state index contributed by atoms with van der Waals surface area (Å²) >= 11 is 0. The number of halogens is 1. The molecule has 1 heterocycles. The Hall–Kier alpha value is -2.37. The van der Waals surface area contributed by atoms with Gasteiger partial charge < -0.3 is 9.84 Å². The third kappa shape index (κ3) is 2.64. The monoisotopic (exact) mass is 278 g/mol. The van der Waals surface area contributed by atoms with Crippen molar-refractivity contribution < 1.29 is 19.0 Å². The molecule has 5 nitrogen and oxygen atoms in total. The van der Waals surface area contributed by atoms with Crippen molar-refractivity contribution in [2.75, 3.05) is 0 Å². The number of ether oxygens (including phenoxy) is 1. The van der Waals surface area contributed by atoms with E-state index in [9.17, 15) is 9.18 Å². The Morgan fingerprint density at radius 2 is 2.15 bits per heavy atom. The van der Waals surface area contributed by atoms with Crippen LogP contribution < -0.4 is 4.74 Å². The fourth-order valence-corrected chi connectivity index (χ4v) is 1.99. The number of aromatic nitrogens is 2. The van der Waals surface area contributed by atoms with E-state index in [0.717, 1.165) is 17.5 Å². The zero-order chi connectivity index (χ0) is 14.9. The highest BCUT2D eigenvalue weighted by molar-refractivity contribution is 5.89. The largest absolute Gasteiger partial charge is 0.485 e. The van der Waals surface area contributed by atoms with Gasteiger partial charge in [-0.15, -0.1) is 0 Å². The number of nitrogens with zero attached hydrogens (tertiary/aromatic N) is 2. The zero-order valence-electron chi connectivity index (χ0n) is 11.5. The minimum absolute atomic E-state index is 0.0509. The van der Waals surface area contributed by atoms with Gasteiger partial charge in [-0.25, -0.2) is 9.18 Å². The standard InChI is InChI=1S/C14H15FN2O3/c1-8-13(9(2)17(3)16-8)20-7-10-4-5-11(15)6-12(10)14(18)19/h4-6H,7H2,1-3H3,(H,18,19). The first kappa shape index (κ1) is 14.0. The van der Waals surface area contributed by atoms with Crippen LogP contribution in [0.5, 0.6) is 5.75 Å². The Balaban J connectivity index is 2.25. The first-order chi connectivity index (χ1) is 9.40. The summed E-state index contributed by atoms with van der Waals surface area (Å²) in [6.45, 7) is 3.72. The highest BCUT2D eigenvalue weighted by atomic mass is 19.1. The molecule has 1 aromatic carbocycles. The van der Waals surface area contributed by atoms with Crippen LogP contribution in [-0.2, 0) is 13.7 Å². The summed E-state index contributed by atoms with van der Waals surface area (Å²) < 4.78 is 20.4. The van der Waals surface area contributed by atoms with Crippen LogP contribution in [0.3, 0.4) is 0 Å². The third-order valence-electron chi connectivity index (χ3n) is 3.12. The zero-order valence-corrected chi connectivity index (χ0v) is 11.5. The molecule has 0 unspecified atom stereocenters. The van der Waals surface area contributed by atoms with Gasteiger partial charge in [0.1, 0.15) is 18.1 Å². The number of rotatable bonds is 4. The van der Waals surface area contributed by atoms with Crippen LogP contribution in [0.2, 0.25) is 0 Å². The van der Waals surface area contributed by atoms with Crippen molar-refractivity contribution >= 4 is 5.97 Å². The summed E-state index contributed by atoms with van der Waals surface area (Å²) in [5, 5.41) is 13.3. The van der Waals surface area contributed by atoms with Crippen molar-refractivity contribution in [1.29, 1.82) is 0 Å². The van der Waals surface area contributed by atoms with E-state index in [2.05, 4.69) is 5.10 Å². The second-order valence-corrected chi connectivity index (χ2v) is 4.52.